The van der Waals surface area contributed by atoms with E-state index >= 15 is 0 Å². The van der Waals surface area contributed by atoms with Crippen molar-refractivity contribution in [1.29, 1.82) is 0 Å². The fourth-order valence-corrected chi connectivity index (χ4v) is 1.42. The van der Waals surface area contributed by atoms with Crippen molar-refractivity contribution in [2.75, 3.05) is 5.32 Å². The monoisotopic (exact) mass is 203 g/mol. The molecule has 1 heterocycles. The van der Waals surface area contributed by atoms with Crippen molar-refractivity contribution in [3.05, 3.63) is 30.5 Å². The zero-order valence-corrected chi connectivity index (χ0v) is 8.45. The number of benzene rings is 1. The summed E-state index contributed by atoms with van der Waals surface area (Å²) in [6, 6.07) is 7.27. The molecule has 1 atom stereocenters. The van der Waals surface area contributed by atoms with Gasteiger partial charge in [-0.2, -0.15) is 0 Å². The molecule has 0 fully saturated rings. The lowest BCUT2D eigenvalue weighted by atomic mass is 10.2. The van der Waals surface area contributed by atoms with Crippen LogP contribution in [0.2, 0.25) is 0 Å². The molecular formula is C11H13N3O. The number of para-hydroxylation sites is 1. The molecular weight excluding hydrogens is 190 g/mol. The van der Waals surface area contributed by atoms with E-state index in [0.717, 1.165) is 16.6 Å². The van der Waals surface area contributed by atoms with E-state index < -0.39 is 6.04 Å². The molecule has 1 aromatic carbocycles. The van der Waals surface area contributed by atoms with Crippen LogP contribution < -0.4 is 11.1 Å². The van der Waals surface area contributed by atoms with Gasteiger partial charge in [0.05, 0.1) is 11.7 Å². The second-order valence-electron chi connectivity index (χ2n) is 3.53. The first kappa shape index (κ1) is 9.73. The van der Waals surface area contributed by atoms with E-state index in [1.807, 2.05) is 24.3 Å². The molecule has 0 spiro atoms. The van der Waals surface area contributed by atoms with Crippen molar-refractivity contribution in [3.63, 3.8) is 0 Å². The van der Waals surface area contributed by atoms with Crippen LogP contribution in [0.3, 0.4) is 0 Å². The number of fused-ring (bicyclic) bond motifs is 1. The van der Waals surface area contributed by atoms with Crippen LogP contribution in [0.1, 0.15) is 6.92 Å². The maximum atomic E-state index is 11.4. The van der Waals surface area contributed by atoms with Gasteiger partial charge in [0.15, 0.2) is 0 Å². The molecule has 2 rings (SSSR count). The van der Waals surface area contributed by atoms with E-state index in [4.69, 9.17) is 5.73 Å². The van der Waals surface area contributed by atoms with Crippen molar-refractivity contribution in [2.45, 2.75) is 13.0 Å². The molecule has 0 aliphatic rings. The van der Waals surface area contributed by atoms with Crippen LogP contribution in [0.25, 0.3) is 10.9 Å². The Morgan fingerprint density at radius 3 is 2.93 bits per heavy atom. The zero-order chi connectivity index (χ0) is 10.8. The van der Waals surface area contributed by atoms with Crippen LogP contribution >= 0.6 is 0 Å². The van der Waals surface area contributed by atoms with E-state index in [-0.39, 0.29) is 5.91 Å². The second-order valence-corrected chi connectivity index (χ2v) is 3.53. The van der Waals surface area contributed by atoms with Gasteiger partial charge in [0.25, 0.3) is 0 Å². The largest absolute Gasteiger partial charge is 0.359 e. The number of anilines is 1. The van der Waals surface area contributed by atoms with Crippen LogP contribution in [-0.2, 0) is 4.79 Å². The number of carbonyl (C=O) groups excluding carboxylic acids is 1. The maximum Gasteiger partial charge on any atom is 0.241 e. The minimum Gasteiger partial charge on any atom is -0.359 e. The zero-order valence-electron chi connectivity index (χ0n) is 8.45. The maximum absolute atomic E-state index is 11.4. The predicted molar refractivity (Wildman–Crippen MR) is 60.6 cm³/mol. The van der Waals surface area contributed by atoms with Crippen LogP contribution in [0.5, 0.6) is 0 Å². The number of nitrogens with one attached hydrogen (secondary N) is 2. The van der Waals surface area contributed by atoms with Gasteiger partial charge in [0, 0.05) is 17.1 Å². The average Bonchev–Trinajstić information content (AvgIpc) is 2.62. The highest BCUT2D eigenvalue weighted by atomic mass is 16.2. The Morgan fingerprint density at radius 1 is 1.47 bits per heavy atom. The van der Waals surface area contributed by atoms with Gasteiger partial charge in [0.1, 0.15) is 0 Å². The Balaban J connectivity index is 2.33. The molecule has 1 aromatic heterocycles. The number of nitrogens with two attached hydrogens (primary N) is 1. The van der Waals surface area contributed by atoms with Gasteiger partial charge in [0.2, 0.25) is 5.91 Å². The summed E-state index contributed by atoms with van der Waals surface area (Å²) in [7, 11) is 0. The topological polar surface area (TPSA) is 70.9 Å². The highest BCUT2D eigenvalue weighted by molar-refractivity contribution is 6.03. The van der Waals surface area contributed by atoms with Crippen LogP contribution in [0.15, 0.2) is 30.5 Å². The molecule has 4 N–H and O–H groups in total. The Bertz CT molecular complexity index is 487. The van der Waals surface area contributed by atoms with Gasteiger partial charge in [-0.15, -0.1) is 0 Å². The summed E-state index contributed by atoms with van der Waals surface area (Å²) in [5, 5.41) is 3.76. The lowest BCUT2D eigenvalue weighted by Gasteiger charge is -2.05. The third-order valence-corrected chi connectivity index (χ3v) is 2.26. The van der Waals surface area contributed by atoms with Crippen molar-refractivity contribution in [1.82, 2.24) is 4.98 Å². The lowest BCUT2D eigenvalue weighted by molar-refractivity contribution is -0.117. The average molecular weight is 203 g/mol. The molecule has 0 aliphatic carbocycles. The van der Waals surface area contributed by atoms with Gasteiger partial charge in [-0.25, -0.2) is 0 Å². The molecule has 78 valence electrons. The number of aromatic amines is 1. The molecule has 1 unspecified atom stereocenters. The lowest BCUT2D eigenvalue weighted by Crippen LogP contribution is -2.32. The van der Waals surface area contributed by atoms with Crippen LogP contribution in [0, 0.1) is 0 Å². The molecule has 1 amide bonds. The number of hydrogen-bond acceptors (Lipinski definition) is 2. The molecule has 0 aliphatic heterocycles. The highest BCUT2D eigenvalue weighted by Crippen LogP contribution is 2.22. The molecule has 0 saturated heterocycles. The fraction of sp³-hybridized carbons (Fsp3) is 0.182. The number of hydrogen-bond donors (Lipinski definition) is 3. The molecule has 2 aromatic rings. The minimum absolute atomic E-state index is 0.181. The number of carbonyl (C=O) groups is 1. The number of H-pyrrole nitrogens is 1. The second kappa shape index (κ2) is 3.74. The van der Waals surface area contributed by atoms with Crippen LogP contribution in [-0.4, -0.2) is 16.9 Å². The first-order valence-corrected chi connectivity index (χ1v) is 4.81. The molecule has 4 nitrogen and oxygen atoms in total. The first-order chi connectivity index (χ1) is 7.18. The van der Waals surface area contributed by atoms with E-state index in [9.17, 15) is 4.79 Å². The summed E-state index contributed by atoms with van der Waals surface area (Å²) in [4.78, 5) is 14.5. The Kier molecular flexibility index (Phi) is 2.43. The van der Waals surface area contributed by atoms with Gasteiger partial charge in [-0.1, -0.05) is 18.2 Å². The molecule has 0 saturated carbocycles. The minimum atomic E-state index is -0.501. The van der Waals surface area contributed by atoms with E-state index in [0.29, 0.717) is 0 Å². The number of rotatable bonds is 2. The summed E-state index contributed by atoms with van der Waals surface area (Å²) in [5.41, 5.74) is 7.24. The number of amides is 1. The van der Waals surface area contributed by atoms with Gasteiger partial charge in [-0.05, 0) is 13.0 Å². The third kappa shape index (κ3) is 1.85. The fourth-order valence-electron chi connectivity index (χ4n) is 1.42. The van der Waals surface area contributed by atoms with Crippen LogP contribution in [0.4, 0.5) is 5.69 Å². The summed E-state index contributed by atoms with van der Waals surface area (Å²) in [6.07, 6.45) is 1.77. The first-order valence-electron chi connectivity index (χ1n) is 4.81. The highest BCUT2D eigenvalue weighted by Gasteiger charge is 2.10. The predicted octanol–water partition coefficient (Wildman–Crippen LogP) is 1.45. The van der Waals surface area contributed by atoms with Crippen molar-refractivity contribution in [2.24, 2.45) is 5.73 Å². The van der Waals surface area contributed by atoms with Crippen molar-refractivity contribution < 1.29 is 4.79 Å². The van der Waals surface area contributed by atoms with Gasteiger partial charge < -0.3 is 16.0 Å². The SMILES string of the molecule is CC(N)C(=O)Nc1c[nH]c2ccccc12. The van der Waals surface area contributed by atoms with Gasteiger partial charge >= 0.3 is 0 Å². The summed E-state index contributed by atoms with van der Waals surface area (Å²) in [6.45, 7) is 1.66. The molecule has 0 radical (unpaired) electrons. The van der Waals surface area contributed by atoms with E-state index in [1.165, 1.54) is 0 Å². The molecule has 15 heavy (non-hydrogen) atoms. The van der Waals surface area contributed by atoms with Crippen molar-refractivity contribution in [3.8, 4) is 0 Å². The molecule has 4 heteroatoms. The van der Waals surface area contributed by atoms with Crippen molar-refractivity contribution >= 4 is 22.5 Å². The third-order valence-electron chi connectivity index (χ3n) is 2.26. The summed E-state index contributed by atoms with van der Waals surface area (Å²) < 4.78 is 0. The van der Waals surface area contributed by atoms with E-state index in [2.05, 4.69) is 10.3 Å². The normalized spacial score (nSPS) is 12.7. The Labute approximate surface area is 87.5 Å². The Morgan fingerprint density at radius 2 is 2.20 bits per heavy atom. The quantitative estimate of drug-likeness (QED) is 0.691. The summed E-state index contributed by atoms with van der Waals surface area (Å²) >= 11 is 0. The standard InChI is InChI=1S/C11H13N3O/c1-7(12)11(15)14-10-6-13-9-5-3-2-4-8(9)10/h2-7,13H,12H2,1H3,(H,14,15). The summed E-state index contributed by atoms with van der Waals surface area (Å²) in [5.74, 6) is -0.181. The molecule has 0 bridgehead atoms. The Hall–Kier alpha value is -1.81. The smallest absolute Gasteiger partial charge is 0.241 e. The van der Waals surface area contributed by atoms with Gasteiger partial charge in [-0.3, -0.25) is 4.79 Å². The van der Waals surface area contributed by atoms with E-state index in [1.54, 1.807) is 13.1 Å². The number of aromatic nitrogens is 1.